The van der Waals surface area contributed by atoms with E-state index >= 15 is 0 Å². The molecule has 162 valence electrons. The lowest BCUT2D eigenvalue weighted by atomic mass is 10.0. The monoisotopic (exact) mass is 438 g/mol. The molecule has 0 fully saturated rings. The number of ether oxygens (including phenoxy) is 2. The first-order valence-corrected chi connectivity index (χ1v) is 12.2. The van der Waals surface area contributed by atoms with Gasteiger partial charge >= 0.3 is 0 Å². The molecule has 31 heavy (non-hydrogen) atoms. The van der Waals surface area contributed by atoms with Crippen molar-refractivity contribution in [3.05, 3.63) is 83.7 Å². The zero-order valence-corrected chi connectivity index (χ0v) is 18.3. The Balaban J connectivity index is 1.24. The van der Waals surface area contributed by atoms with Crippen molar-refractivity contribution in [2.75, 3.05) is 19.4 Å². The minimum Gasteiger partial charge on any atom is -0.494 e. The lowest BCUT2D eigenvalue weighted by molar-refractivity contribution is 0.309. The van der Waals surface area contributed by atoms with E-state index in [9.17, 15) is 8.42 Å². The van der Waals surface area contributed by atoms with E-state index in [0.717, 1.165) is 35.7 Å². The second-order valence-corrected chi connectivity index (χ2v) is 9.65. The summed E-state index contributed by atoms with van der Waals surface area (Å²) in [5, 5.41) is 0. The maximum atomic E-state index is 11.7. The summed E-state index contributed by atoms with van der Waals surface area (Å²) < 4.78 is 36.7. The van der Waals surface area contributed by atoms with Crippen molar-refractivity contribution in [3.63, 3.8) is 0 Å². The van der Waals surface area contributed by atoms with E-state index in [1.807, 2.05) is 42.5 Å². The summed E-state index contributed by atoms with van der Waals surface area (Å²) in [4.78, 5) is 4.04. The van der Waals surface area contributed by atoms with Crippen molar-refractivity contribution < 1.29 is 17.9 Å². The van der Waals surface area contributed by atoms with Gasteiger partial charge in [0.2, 0.25) is 10.0 Å². The Hall–Kier alpha value is -2.90. The summed E-state index contributed by atoms with van der Waals surface area (Å²) in [7, 11) is -3.15. The van der Waals surface area contributed by atoms with Crippen LogP contribution >= 0.6 is 0 Å². The molecule has 0 saturated carbocycles. The first-order chi connectivity index (χ1) is 15.0. The molecular weight excluding hydrogens is 412 g/mol. The Labute approximate surface area is 183 Å². The molecule has 4 rings (SSSR count). The third kappa shape index (κ3) is 5.83. The standard InChI is InChI=1S/C24H26N2O4S/c1-31(27,28)26-14-12-20-16-23(11-8-21(20)18-26)29-15-3-4-19-6-9-22(10-7-19)30-24-5-2-13-25-17-24/h2,5-11,13,16-17H,3-4,12,14-15,18H2,1H3. The number of sulfonamides is 1. The van der Waals surface area contributed by atoms with Gasteiger partial charge in [-0.05, 0) is 72.4 Å². The van der Waals surface area contributed by atoms with Crippen molar-refractivity contribution in [1.82, 2.24) is 9.29 Å². The van der Waals surface area contributed by atoms with Gasteiger partial charge in [-0.1, -0.05) is 18.2 Å². The molecule has 0 N–H and O–H groups in total. The van der Waals surface area contributed by atoms with Crippen LogP contribution in [0.4, 0.5) is 0 Å². The lowest BCUT2D eigenvalue weighted by Crippen LogP contribution is -2.35. The van der Waals surface area contributed by atoms with Crippen LogP contribution < -0.4 is 9.47 Å². The molecule has 3 aromatic rings. The largest absolute Gasteiger partial charge is 0.494 e. The van der Waals surface area contributed by atoms with Crippen LogP contribution in [0.25, 0.3) is 0 Å². The Morgan fingerprint density at radius 2 is 1.81 bits per heavy atom. The van der Waals surface area contributed by atoms with Gasteiger partial charge < -0.3 is 9.47 Å². The lowest BCUT2D eigenvalue weighted by Gasteiger charge is -2.27. The molecule has 0 spiro atoms. The molecule has 7 heteroatoms. The number of pyridine rings is 1. The predicted molar refractivity (Wildman–Crippen MR) is 120 cm³/mol. The van der Waals surface area contributed by atoms with Gasteiger partial charge in [0.25, 0.3) is 0 Å². The predicted octanol–water partition coefficient (Wildman–Crippen LogP) is 4.20. The molecule has 1 aliphatic heterocycles. The van der Waals surface area contributed by atoms with E-state index in [4.69, 9.17) is 9.47 Å². The fourth-order valence-corrected chi connectivity index (χ4v) is 4.41. The van der Waals surface area contributed by atoms with Gasteiger partial charge in [-0.2, -0.15) is 4.31 Å². The number of benzene rings is 2. The van der Waals surface area contributed by atoms with E-state index < -0.39 is 10.0 Å². The minimum atomic E-state index is -3.15. The molecule has 0 unspecified atom stereocenters. The first kappa shape index (κ1) is 21.3. The Morgan fingerprint density at radius 1 is 1.00 bits per heavy atom. The fourth-order valence-electron chi connectivity index (χ4n) is 3.61. The molecule has 6 nitrogen and oxygen atoms in total. The average Bonchev–Trinajstić information content (AvgIpc) is 2.77. The molecular formula is C24H26N2O4S. The summed E-state index contributed by atoms with van der Waals surface area (Å²) >= 11 is 0. The van der Waals surface area contributed by atoms with Crippen molar-refractivity contribution in [3.8, 4) is 17.2 Å². The SMILES string of the molecule is CS(=O)(=O)N1CCc2cc(OCCCc3ccc(Oc4cccnc4)cc3)ccc2C1. The number of rotatable bonds is 8. The van der Waals surface area contributed by atoms with E-state index in [2.05, 4.69) is 17.1 Å². The van der Waals surface area contributed by atoms with Crippen LogP contribution in [0.5, 0.6) is 17.2 Å². The van der Waals surface area contributed by atoms with Crippen LogP contribution in [0.1, 0.15) is 23.1 Å². The number of hydrogen-bond acceptors (Lipinski definition) is 5. The van der Waals surface area contributed by atoms with Gasteiger partial charge in [-0.25, -0.2) is 8.42 Å². The molecule has 0 radical (unpaired) electrons. The molecule has 1 aliphatic rings. The summed E-state index contributed by atoms with van der Waals surface area (Å²) in [6.45, 7) is 1.59. The molecule has 0 bridgehead atoms. The second-order valence-electron chi connectivity index (χ2n) is 7.66. The first-order valence-electron chi connectivity index (χ1n) is 10.3. The summed E-state index contributed by atoms with van der Waals surface area (Å²) in [6.07, 6.45) is 7.20. The number of fused-ring (bicyclic) bond motifs is 1. The van der Waals surface area contributed by atoms with E-state index in [1.54, 1.807) is 12.4 Å². The third-order valence-corrected chi connectivity index (χ3v) is 6.55. The minimum absolute atomic E-state index is 0.439. The van der Waals surface area contributed by atoms with E-state index in [-0.39, 0.29) is 0 Å². The molecule has 0 amide bonds. The number of hydrogen-bond donors (Lipinski definition) is 0. The second kappa shape index (κ2) is 9.49. The highest BCUT2D eigenvalue weighted by molar-refractivity contribution is 7.88. The van der Waals surface area contributed by atoms with Gasteiger partial charge in [-0.3, -0.25) is 4.98 Å². The fraction of sp³-hybridized carbons (Fsp3) is 0.292. The van der Waals surface area contributed by atoms with Gasteiger partial charge in [-0.15, -0.1) is 0 Å². The number of aromatic nitrogens is 1. The van der Waals surface area contributed by atoms with Crippen LogP contribution in [-0.4, -0.2) is 37.1 Å². The van der Waals surface area contributed by atoms with Crippen LogP contribution in [-0.2, 0) is 29.4 Å². The topological polar surface area (TPSA) is 68.7 Å². The highest BCUT2D eigenvalue weighted by Gasteiger charge is 2.23. The zero-order chi connectivity index (χ0) is 21.7. The Bertz CT molecular complexity index is 1120. The van der Waals surface area contributed by atoms with Gasteiger partial charge in [0.15, 0.2) is 0 Å². The van der Waals surface area contributed by atoms with Crippen molar-refractivity contribution >= 4 is 10.0 Å². The summed E-state index contributed by atoms with van der Waals surface area (Å²) in [6, 6.07) is 17.7. The third-order valence-electron chi connectivity index (χ3n) is 5.30. The quantitative estimate of drug-likeness (QED) is 0.493. The molecule has 2 aromatic carbocycles. The smallest absolute Gasteiger partial charge is 0.211 e. The Morgan fingerprint density at radius 3 is 2.55 bits per heavy atom. The summed E-state index contributed by atoms with van der Waals surface area (Å²) in [5.41, 5.74) is 3.45. The van der Waals surface area contributed by atoms with Crippen LogP contribution in [0.2, 0.25) is 0 Å². The van der Waals surface area contributed by atoms with E-state index in [0.29, 0.717) is 26.1 Å². The molecule has 0 aliphatic carbocycles. The van der Waals surface area contributed by atoms with E-state index in [1.165, 1.54) is 21.7 Å². The van der Waals surface area contributed by atoms with Crippen molar-refractivity contribution in [2.45, 2.75) is 25.8 Å². The van der Waals surface area contributed by atoms with Gasteiger partial charge in [0, 0.05) is 19.3 Å². The maximum absolute atomic E-state index is 11.7. The van der Waals surface area contributed by atoms with Crippen LogP contribution in [0, 0.1) is 0 Å². The van der Waals surface area contributed by atoms with Crippen molar-refractivity contribution in [2.24, 2.45) is 0 Å². The van der Waals surface area contributed by atoms with Crippen molar-refractivity contribution in [1.29, 1.82) is 0 Å². The molecule has 1 aromatic heterocycles. The normalized spacial score (nSPS) is 14.1. The maximum Gasteiger partial charge on any atom is 0.211 e. The molecule has 0 saturated heterocycles. The number of nitrogens with zero attached hydrogens (tertiary/aromatic N) is 2. The average molecular weight is 439 g/mol. The van der Waals surface area contributed by atoms with Crippen LogP contribution in [0.15, 0.2) is 67.0 Å². The number of aryl methyl sites for hydroxylation is 1. The zero-order valence-electron chi connectivity index (χ0n) is 17.5. The molecule has 2 heterocycles. The highest BCUT2D eigenvalue weighted by Crippen LogP contribution is 2.25. The molecule has 0 atom stereocenters. The summed E-state index contributed by atoms with van der Waals surface area (Å²) in [5.74, 6) is 2.35. The van der Waals surface area contributed by atoms with Gasteiger partial charge in [0.1, 0.15) is 17.2 Å². The highest BCUT2D eigenvalue weighted by atomic mass is 32.2. The van der Waals surface area contributed by atoms with Gasteiger partial charge in [0.05, 0.1) is 19.1 Å². The Kier molecular flexibility index (Phi) is 6.53. The van der Waals surface area contributed by atoms with Crippen LogP contribution in [0.3, 0.4) is 0 Å².